The monoisotopic (exact) mass is 1560 g/mol. The molecule has 17 aromatic carbocycles. The molecule has 23 rings (SSSR count). The summed E-state index contributed by atoms with van der Waals surface area (Å²) < 4.78 is 93.5. The van der Waals surface area contributed by atoms with Gasteiger partial charge in [-0.2, -0.15) is 0 Å². The second-order valence-electron chi connectivity index (χ2n) is 35.7. The lowest BCUT2D eigenvalue weighted by atomic mass is 9.74. The molecule has 1 unspecified atom stereocenters. The lowest BCUT2D eigenvalue weighted by molar-refractivity contribution is 0.590. The Kier molecular flexibility index (Phi) is 14.2. The summed E-state index contributed by atoms with van der Waals surface area (Å²) in [7, 11) is 0. The number of hydrogen-bond acceptors (Lipinski definition) is 3. The molecule has 1 atom stereocenters. The van der Waals surface area contributed by atoms with Crippen LogP contribution in [0.4, 0.5) is 34.1 Å². The van der Waals surface area contributed by atoms with Gasteiger partial charge < -0.3 is 27.9 Å². The van der Waals surface area contributed by atoms with E-state index >= 15 is 0 Å². The largest absolute Gasteiger partial charge is 0.456 e. The Balaban J connectivity index is 0.976. The molecule has 0 fully saturated rings. The minimum Gasteiger partial charge on any atom is -0.456 e. The molecule has 0 amide bonds. The second-order valence-corrected chi connectivity index (χ2v) is 35.7. The van der Waals surface area contributed by atoms with Gasteiger partial charge in [0.05, 0.1) is 83.9 Å². The highest BCUT2D eigenvalue weighted by atomic mass is 16.3. The molecule has 6 heterocycles. The number of aromatic nitrogens is 3. The van der Waals surface area contributed by atoms with Crippen molar-refractivity contribution in [1.29, 1.82) is 0 Å². The third-order valence-corrected chi connectivity index (χ3v) is 25.5. The molecule has 0 saturated carbocycles. The number of anilines is 6. The van der Waals surface area contributed by atoms with Crippen LogP contribution in [0.25, 0.3) is 160 Å². The van der Waals surface area contributed by atoms with Crippen LogP contribution in [-0.2, 0) is 16.2 Å². The third kappa shape index (κ3) is 11.2. The van der Waals surface area contributed by atoms with Crippen LogP contribution in [0.1, 0.15) is 113 Å². The maximum atomic E-state index is 10.5. The molecule has 580 valence electrons. The molecule has 0 aliphatic carbocycles. The van der Waals surface area contributed by atoms with Crippen LogP contribution >= 0.6 is 0 Å². The predicted octanol–water partition coefficient (Wildman–Crippen LogP) is 31.9. The second kappa shape index (κ2) is 27.0. The van der Waals surface area contributed by atoms with E-state index < -0.39 is 54.3 Å². The quantitative estimate of drug-likeness (QED) is 0.137. The summed E-state index contributed by atoms with van der Waals surface area (Å²) in [4.78, 5) is 4.97. The molecule has 0 radical (unpaired) electrons. The zero-order valence-electron chi connectivity index (χ0n) is 76.8. The van der Waals surface area contributed by atoms with E-state index in [0.717, 1.165) is 161 Å². The van der Waals surface area contributed by atoms with E-state index in [-0.39, 0.29) is 38.1 Å². The minimum absolute atomic E-state index is 0.0106. The number of hydrogen-bond donors (Lipinski definition) is 0. The summed E-state index contributed by atoms with van der Waals surface area (Å²) in [5, 5.41) is 6.01. The molecule has 6 heteroatoms. The number of nitrogens with zero attached hydrogens (tertiary/aromatic N) is 5. The normalized spacial score (nSPS) is 14.5. The standard InChI is InChI=1S/C115H89N5O/c1-113(2,3)77-43-33-42-75(62-77)76-54-59-98-92(63-76)107-86-58-57-81(117-96-60-55-78(114(4,5)6)64-90(96)91-65-79(115(7,8)9)56-61-97(91)117)66-99(86)120(112-89(72-36-17-11-18-37-72)70-104-109(87-49-28-32-53-103(87)121-104)106(112)74-40-21-13-22-41-74)101-68-82(118-93-50-29-25-46-83(93)84-47-26-30-51-94(84)118)67-100(110(101)107)119(98)111-88(71-34-15-10-16-35-71)69-102-108(105(111)73-38-19-12-20-39-73)85-48-27-31-52-95(85)116(102)80-44-23-14-24-45-80/h10-70,107H,1-9H3/i25D,26D,29D,30D,46D,47D,50D,51D. The first kappa shape index (κ1) is 63.7. The van der Waals surface area contributed by atoms with Gasteiger partial charge in [0.2, 0.25) is 0 Å². The lowest BCUT2D eigenvalue weighted by Crippen LogP contribution is -2.30. The molecule has 121 heavy (non-hydrogen) atoms. The summed E-state index contributed by atoms with van der Waals surface area (Å²) in [6.07, 6.45) is 0. The fraction of sp³-hybridized carbons (Fsp3) is 0.113. The highest BCUT2D eigenvalue weighted by molar-refractivity contribution is 6.24. The van der Waals surface area contributed by atoms with Crippen LogP contribution in [0.15, 0.2) is 374 Å². The van der Waals surface area contributed by atoms with Crippen molar-refractivity contribution < 1.29 is 15.4 Å². The fourth-order valence-electron chi connectivity index (χ4n) is 19.7. The van der Waals surface area contributed by atoms with Gasteiger partial charge in [-0.3, -0.25) is 0 Å². The van der Waals surface area contributed by atoms with Gasteiger partial charge in [0, 0.05) is 88.2 Å². The summed E-state index contributed by atoms with van der Waals surface area (Å²) in [6, 6.07) is 112. The van der Waals surface area contributed by atoms with Gasteiger partial charge in [0.25, 0.3) is 0 Å². The van der Waals surface area contributed by atoms with Crippen LogP contribution in [0.2, 0.25) is 0 Å². The summed E-state index contributed by atoms with van der Waals surface area (Å²) in [5.41, 5.74) is 27.6. The summed E-state index contributed by atoms with van der Waals surface area (Å²) in [5.74, 6) is -0.640. The molecule has 6 nitrogen and oxygen atoms in total. The number of fused-ring (bicyclic) bond motifs is 16. The zero-order valence-corrected chi connectivity index (χ0v) is 68.8. The Bertz CT molecular complexity index is 8190. The molecule has 0 bridgehead atoms. The van der Waals surface area contributed by atoms with Crippen LogP contribution < -0.4 is 9.80 Å². The molecule has 4 aromatic heterocycles. The smallest absolute Gasteiger partial charge is 0.136 e. The molecular formula is C115H89N5O. The number of para-hydroxylation sites is 5. The van der Waals surface area contributed by atoms with Crippen molar-refractivity contribution in [2.24, 2.45) is 0 Å². The van der Waals surface area contributed by atoms with Crippen molar-refractivity contribution in [1.82, 2.24) is 13.7 Å². The summed E-state index contributed by atoms with van der Waals surface area (Å²) in [6.45, 7) is 20.5. The average molecular weight is 1570 g/mol. The van der Waals surface area contributed by atoms with Crippen molar-refractivity contribution in [3.05, 3.63) is 403 Å². The number of furan rings is 1. The molecular weight excluding hydrogens is 1470 g/mol. The first-order valence-corrected chi connectivity index (χ1v) is 41.9. The Labute approximate surface area is 716 Å². The Morgan fingerprint density at radius 3 is 1.33 bits per heavy atom. The van der Waals surface area contributed by atoms with Crippen molar-refractivity contribution in [2.75, 3.05) is 9.80 Å². The highest BCUT2D eigenvalue weighted by Crippen LogP contribution is 2.66. The van der Waals surface area contributed by atoms with Crippen molar-refractivity contribution in [3.63, 3.8) is 0 Å². The third-order valence-electron chi connectivity index (χ3n) is 25.5. The van der Waals surface area contributed by atoms with Gasteiger partial charge in [-0.1, -0.05) is 323 Å². The van der Waals surface area contributed by atoms with Crippen LogP contribution in [-0.4, -0.2) is 13.7 Å². The van der Waals surface area contributed by atoms with E-state index in [9.17, 15) is 11.0 Å². The van der Waals surface area contributed by atoms with E-state index in [1.54, 1.807) is 4.57 Å². The van der Waals surface area contributed by atoms with Gasteiger partial charge in [-0.25, -0.2) is 0 Å². The first-order chi connectivity index (χ1) is 62.3. The van der Waals surface area contributed by atoms with Crippen LogP contribution in [0.3, 0.4) is 0 Å². The van der Waals surface area contributed by atoms with E-state index in [4.69, 9.17) is 4.42 Å². The van der Waals surface area contributed by atoms with E-state index in [1.807, 2.05) is 18.2 Å². The van der Waals surface area contributed by atoms with Gasteiger partial charge in [0.1, 0.15) is 11.2 Å². The van der Waals surface area contributed by atoms with Crippen LogP contribution in [0, 0.1) is 0 Å². The van der Waals surface area contributed by atoms with Gasteiger partial charge in [-0.05, 0) is 187 Å². The van der Waals surface area contributed by atoms with Gasteiger partial charge >= 0.3 is 0 Å². The van der Waals surface area contributed by atoms with Crippen molar-refractivity contribution in [2.45, 2.75) is 84.5 Å². The van der Waals surface area contributed by atoms with Gasteiger partial charge in [-0.15, -0.1) is 0 Å². The molecule has 2 aliphatic heterocycles. The van der Waals surface area contributed by atoms with Gasteiger partial charge in [0.15, 0.2) is 0 Å². The molecule has 21 aromatic rings. The lowest BCUT2D eigenvalue weighted by Gasteiger charge is -2.47. The maximum absolute atomic E-state index is 10.5. The summed E-state index contributed by atoms with van der Waals surface area (Å²) >= 11 is 0. The minimum atomic E-state index is -0.640. The van der Waals surface area contributed by atoms with E-state index in [1.165, 1.54) is 16.7 Å². The Morgan fingerprint density at radius 1 is 0.273 bits per heavy atom. The topological polar surface area (TPSA) is 34.4 Å². The van der Waals surface area contributed by atoms with Crippen molar-refractivity contribution in [3.8, 4) is 72.7 Å². The Morgan fingerprint density at radius 2 is 0.736 bits per heavy atom. The number of rotatable bonds is 10. The number of benzene rings is 17. The first-order valence-electron chi connectivity index (χ1n) is 45.9. The molecule has 2 aliphatic rings. The van der Waals surface area contributed by atoms with E-state index in [0.29, 0.717) is 28.2 Å². The average Bonchev–Trinajstić information content (AvgIpc) is 1.66. The zero-order chi connectivity index (χ0) is 88.4. The molecule has 0 N–H and O–H groups in total. The fourth-order valence-corrected chi connectivity index (χ4v) is 19.7. The van der Waals surface area contributed by atoms with Crippen LogP contribution in [0.5, 0.6) is 0 Å². The Hall–Kier alpha value is -14.5. The predicted molar refractivity (Wildman–Crippen MR) is 510 cm³/mol. The van der Waals surface area contributed by atoms with Crippen molar-refractivity contribution >= 4 is 121 Å². The molecule has 0 spiro atoms. The maximum Gasteiger partial charge on any atom is 0.136 e. The molecule has 0 saturated heterocycles. The highest BCUT2D eigenvalue weighted by Gasteiger charge is 2.46. The SMILES string of the molecule is [2H]c1c([2H])c([2H])c2c(c1[2H])c1c([2H])c([2H])c([2H])c([2H])c1n2-c1cc2c3c(c1)N(c1c(-c4ccccc4)cc4c(c1-c1ccccc1)c1ccccc1n4-c1ccccc1)c1ccc(-c4cccc(C(C)(C)C)c4)cc1C3c1ccc(-n3c4ccc(C(C)(C)C)cc4c4cc(C(C)(C)C)ccc43)cc1N2c1c(-c2ccccc2)cc2oc3ccccc3c2c1-c1ccccc1. The van der Waals surface area contributed by atoms with E-state index in [2.05, 4.69) is 385 Å².